The number of ether oxygens (including phenoxy) is 1. The van der Waals surface area contributed by atoms with Crippen LogP contribution in [0.4, 0.5) is 11.5 Å². The molecule has 1 aromatic carbocycles. The molecule has 1 aromatic heterocycles. The summed E-state index contributed by atoms with van der Waals surface area (Å²) in [5.41, 5.74) is 6.30. The summed E-state index contributed by atoms with van der Waals surface area (Å²) in [7, 11) is 1.27. The first-order chi connectivity index (χ1) is 9.61. The van der Waals surface area contributed by atoms with Gasteiger partial charge in [-0.15, -0.1) is 0 Å². The van der Waals surface area contributed by atoms with Crippen LogP contribution in [0.1, 0.15) is 16.1 Å². The van der Waals surface area contributed by atoms with Crippen molar-refractivity contribution < 1.29 is 19.0 Å². The number of aromatic nitrogens is 2. The van der Waals surface area contributed by atoms with Crippen molar-refractivity contribution in [2.24, 2.45) is 0 Å². The fraction of sp³-hybridized carbons (Fsp3) is 0.167. The monoisotopic (exact) mass is 276 g/mol. The number of amides is 1. The van der Waals surface area contributed by atoms with E-state index in [1.165, 1.54) is 7.11 Å². The van der Waals surface area contributed by atoms with E-state index < -0.39 is 11.9 Å². The van der Waals surface area contributed by atoms with Crippen LogP contribution in [0.3, 0.4) is 0 Å². The third-order valence-electron chi connectivity index (χ3n) is 2.52. The second-order valence-corrected chi connectivity index (χ2v) is 3.86. The number of carbonyl (C=O) groups excluding carboxylic acids is 2. The maximum absolute atomic E-state index is 11.9. The molecule has 1 heterocycles. The van der Waals surface area contributed by atoms with E-state index in [0.29, 0.717) is 5.69 Å². The molecule has 0 unspecified atom stereocenters. The minimum Gasteiger partial charge on any atom is -0.465 e. The van der Waals surface area contributed by atoms with Gasteiger partial charge in [-0.25, -0.2) is 9.42 Å². The van der Waals surface area contributed by atoms with Gasteiger partial charge >= 0.3 is 5.97 Å². The number of anilines is 2. The van der Waals surface area contributed by atoms with Gasteiger partial charge in [0, 0.05) is 0 Å². The van der Waals surface area contributed by atoms with E-state index in [-0.39, 0.29) is 23.5 Å². The molecular formula is C12H12N4O4. The summed E-state index contributed by atoms with van der Waals surface area (Å²) >= 11 is 0. The Morgan fingerprint density at radius 3 is 2.75 bits per heavy atom. The van der Waals surface area contributed by atoms with Gasteiger partial charge in [-0.1, -0.05) is 17.3 Å². The van der Waals surface area contributed by atoms with Crippen LogP contribution in [0, 0.1) is 0 Å². The van der Waals surface area contributed by atoms with Gasteiger partial charge in [-0.2, -0.15) is 0 Å². The normalized spacial score (nSPS) is 10.1. The Labute approximate surface area is 113 Å². The fourth-order valence-electron chi connectivity index (χ4n) is 1.56. The van der Waals surface area contributed by atoms with Crippen molar-refractivity contribution in [3.05, 3.63) is 35.5 Å². The molecule has 0 atom stereocenters. The summed E-state index contributed by atoms with van der Waals surface area (Å²) in [5, 5.41) is 9.47. The molecule has 0 spiro atoms. The summed E-state index contributed by atoms with van der Waals surface area (Å²) in [6.45, 7) is 0. The number of esters is 1. The van der Waals surface area contributed by atoms with Gasteiger partial charge in [0.25, 0.3) is 0 Å². The third-order valence-corrected chi connectivity index (χ3v) is 2.52. The molecule has 0 saturated carbocycles. The van der Waals surface area contributed by atoms with Crippen molar-refractivity contribution in [2.75, 3.05) is 18.2 Å². The second-order valence-electron chi connectivity index (χ2n) is 3.86. The lowest BCUT2D eigenvalue weighted by molar-refractivity contribution is -0.115. The molecular weight excluding hydrogens is 264 g/mol. The number of hydrogen-bond acceptors (Lipinski definition) is 7. The number of nitrogens with zero attached hydrogens (tertiary/aromatic N) is 2. The standard InChI is InChI=1S/C12H12N4O4/c1-19-12(18)7-4-2-3-5-8(7)14-10(17)6-9-11(13)16-20-15-9/h2-5H,6H2,1H3,(H2,13,16)(H,14,17). The number of rotatable bonds is 4. The van der Waals surface area contributed by atoms with E-state index in [0.717, 1.165) is 0 Å². The number of nitrogens with one attached hydrogen (secondary N) is 1. The molecule has 0 aliphatic carbocycles. The number of carbonyl (C=O) groups is 2. The average molecular weight is 276 g/mol. The van der Waals surface area contributed by atoms with Crippen LogP contribution >= 0.6 is 0 Å². The molecule has 104 valence electrons. The van der Waals surface area contributed by atoms with Gasteiger partial charge in [-0.05, 0) is 17.3 Å². The quantitative estimate of drug-likeness (QED) is 0.785. The molecule has 0 aliphatic heterocycles. The lowest BCUT2D eigenvalue weighted by Crippen LogP contribution is -2.18. The molecule has 0 aliphatic rings. The molecule has 0 fully saturated rings. The lowest BCUT2D eigenvalue weighted by atomic mass is 10.1. The number of methoxy groups -OCH3 is 1. The van der Waals surface area contributed by atoms with E-state index in [1.807, 2.05) is 0 Å². The maximum atomic E-state index is 11.9. The van der Waals surface area contributed by atoms with E-state index in [4.69, 9.17) is 5.73 Å². The number of para-hydroxylation sites is 1. The Morgan fingerprint density at radius 2 is 2.10 bits per heavy atom. The van der Waals surface area contributed by atoms with E-state index in [9.17, 15) is 9.59 Å². The van der Waals surface area contributed by atoms with E-state index in [1.54, 1.807) is 24.3 Å². The first-order valence-electron chi connectivity index (χ1n) is 5.66. The van der Waals surface area contributed by atoms with Crippen LogP contribution < -0.4 is 11.1 Å². The van der Waals surface area contributed by atoms with Crippen molar-refractivity contribution in [1.29, 1.82) is 0 Å². The van der Waals surface area contributed by atoms with Crippen LogP contribution in [0.2, 0.25) is 0 Å². The molecule has 0 radical (unpaired) electrons. The summed E-state index contributed by atoms with van der Waals surface area (Å²) in [5.74, 6) is -0.881. The van der Waals surface area contributed by atoms with Crippen molar-refractivity contribution >= 4 is 23.4 Å². The highest BCUT2D eigenvalue weighted by Crippen LogP contribution is 2.16. The number of benzene rings is 1. The first-order valence-corrected chi connectivity index (χ1v) is 5.66. The predicted molar refractivity (Wildman–Crippen MR) is 68.8 cm³/mol. The minimum absolute atomic E-state index is 0.0569. The van der Waals surface area contributed by atoms with Crippen LogP contribution in [0.5, 0.6) is 0 Å². The van der Waals surface area contributed by atoms with Gasteiger partial charge in [0.05, 0.1) is 24.8 Å². The molecule has 8 heteroatoms. The minimum atomic E-state index is -0.538. The molecule has 2 aromatic rings. The van der Waals surface area contributed by atoms with Crippen LogP contribution in [0.15, 0.2) is 28.9 Å². The highest BCUT2D eigenvalue weighted by Gasteiger charge is 2.16. The Morgan fingerprint density at radius 1 is 1.35 bits per heavy atom. The molecule has 3 N–H and O–H groups in total. The third kappa shape index (κ3) is 2.91. The van der Waals surface area contributed by atoms with Gasteiger partial charge in [0.2, 0.25) is 5.91 Å². The van der Waals surface area contributed by atoms with E-state index >= 15 is 0 Å². The first kappa shape index (κ1) is 13.5. The van der Waals surface area contributed by atoms with Gasteiger partial charge in [-0.3, -0.25) is 4.79 Å². The highest BCUT2D eigenvalue weighted by molar-refractivity contribution is 6.01. The number of nitrogen functional groups attached to an aromatic ring is 1. The average Bonchev–Trinajstić information content (AvgIpc) is 2.84. The Bertz CT molecular complexity index is 638. The Kier molecular flexibility index (Phi) is 3.94. The molecule has 0 saturated heterocycles. The largest absolute Gasteiger partial charge is 0.465 e. The second kappa shape index (κ2) is 5.83. The van der Waals surface area contributed by atoms with Crippen LogP contribution in [0.25, 0.3) is 0 Å². The van der Waals surface area contributed by atoms with Gasteiger partial charge < -0.3 is 15.8 Å². The topological polar surface area (TPSA) is 120 Å². The molecule has 2 rings (SSSR count). The summed E-state index contributed by atoms with van der Waals surface area (Å²) in [4.78, 5) is 23.4. The summed E-state index contributed by atoms with van der Waals surface area (Å²) in [6.07, 6.45) is -0.106. The predicted octanol–water partition coefficient (Wildman–Crippen LogP) is 0.620. The molecule has 1 amide bonds. The van der Waals surface area contributed by atoms with E-state index in [2.05, 4.69) is 25.0 Å². The number of hydrogen-bond donors (Lipinski definition) is 2. The van der Waals surface area contributed by atoms with Gasteiger partial charge in [0.1, 0.15) is 5.69 Å². The van der Waals surface area contributed by atoms with Gasteiger partial charge in [0.15, 0.2) is 5.82 Å². The zero-order valence-corrected chi connectivity index (χ0v) is 10.6. The van der Waals surface area contributed by atoms with Crippen LogP contribution in [-0.4, -0.2) is 29.3 Å². The Hall–Kier alpha value is -2.90. The fourth-order valence-corrected chi connectivity index (χ4v) is 1.56. The lowest BCUT2D eigenvalue weighted by Gasteiger charge is -2.08. The summed E-state index contributed by atoms with van der Waals surface area (Å²) in [6, 6.07) is 6.50. The zero-order chi connectivity index (χ0) is 14.5. The van der Waals surface area contributed by atoms with Crippen molar-refractivity contribution in [1.82, 2.24) is 10.3 Å². The van der Waals surface area contributed by atoms with Crippen LogP contribution in [-0.2, 0) is 16.0 Å². The van der Waals surface area contributed by atoms with Crippen molar-refractivity contribution in [3.8, 4) is 0 Å². The number of nitrogens with two attached hydrogens (primary N) is 1. The zero-order valence-electron chi connectivity index (χ0n) is 10.6. The molecule has 20 heavy (non-hydrogen) atoms. The maximum Gasteiger partial charge on any atom is 0.339 e. The SMILES string of the molecule is COC(=O)c1ccccc1NC(=O)Cc1nonc1N. The molecule has 0 bridgehead atoms. The highest BCUT2D eigenvalue weighted by atomic mass is 16.6. The summed E-state index contributed by atoms with van der Waals surface area (Å²) < 4.78 is 9.03. The van der Waals surface area contributed by atoms with Crippen molar-refractivity contribution in [3.63, 3.8) is 0 Å². The van der Waals surface area contributed by atoms with Crippen molar-refractivity contribution in [2.45, 2.75) is 6.42 Å². The smallest absolute Gasteiger partial charge is 0.339 e. The Balaban J connectivity index is 2.12. The molecule has 8 nitrogen and oxygen atoms in total.